The average molecular weight is 598 g/mol. The third-order valence-electron chi connectivity index (χ3n) is 7.03. The summed E-state index contributed by atoms with van der Waals surface area (Å²) in [6, 6.07) is 2.70. The van der Waals surface area contributed by atoms with E-state index in [4.69, 9.17) is 34.2 Å². The summed E-state index contributed by atoms with van der Waals surface area (Å²) in [6.45, 7) is 17.6. The van der Waals surface area contributed by atoms with Crippen LogP contribution in [0.15, 0.2) is 18.2 Å². The number of aliphatic carboxylic acids is 1. The van der Waals surface area contributed by atoms with Crippen LogP contribution in [0, 0.1) is 5.92 Å². The van der Waals surface area contributed by atoms with Crippen LogP contribution in [0.2, 0.25) is 0 Å². The fraction of sp³-hybridized carbons (Fsp3) is 0.667. The van der Waals surface area contributed by atoms with Crippen molar-refractivity contribution in [1.82, 2.24) is 0 Å². The fourth-order valence-corrected chi connectivity index (χ4v) is 3.28. The molecular weight excluding hydrogens is 550 g/mol. The van der Waals surface area contributed by atoms with Gasteiger partial charge in [-0.2, -0.15) is 0 Å². The first-order chi connectivity index (χ1) is 19.3. The van der Waals surface area contributed by atoms with Crippen LogP contribution in [-0.2, 0) is 23.7 Å². The van der Waals surface area contributed by atoms with Crippen molar-refractivity contribution in [2.75, 3.05) is 0 Å². The number of carboxylic acid groups (broad SMARTS) is 1. The lowest BCUT2D eigenvalue weighted by atomic mass is 9.87. The summed E-state index contributed by atoms with van der Waals surface area (Å²) in [6.07, 6.45) is -3.18. The van der Waals surface area contributed by atoms with Crippen molar-refractivity contribution < 1.29 is 52.7 Å². The van der Waals surface area contributed by atoms with Crippen molar-refractivity contribution in [2.45, 2.75) is 124 Å². The van der Waals surface area contributed by atoms with Crippen LogP contribution in [0.5, 0.6) is 11.5 Å². The van der Waals surface area contributed by atoms with Gasteiger partial charge >= 0.3 is 24.4 Å². The third-order valence-corrected chi connectivity index (χ3v) is 7.03. The molecule has 238 valence electrons. The Morgan fingerprint density at radius 2 is 1.31 bits per heavy atom. The molecule has 0 bridgehead atoms. The second-order valence-corrected chi connectivity index (χ2v) is 11.8. The Hall–Kier alpha value is -3.54. The highest BCUT2D eigenvalue weighted by molar-refractivity contribution is 5.75. The zero-order valence-electron chi connectivity index (χ0n) is 26.3. The van der Waals surface area contributed by atoms with E-state index in [-0.39, 0.29) is 29.9 Å². The molecule has 12 heteroatoms. The SMILES string of the molecule is CCC(C)(C)OC(=O)Oc1ccc(C(CC(C)OC(=O)OC(C)C(C)C)[C@H](N)C(=O)O)cc1OC(=O)OC(C)(C)CC. The molecule has 0 saturated heterocycles. The number of nitrogens with two attached hydrogens (primary N) is 1. The van der Waals surface area contributed by atoms with Crippen LogP contribution in [-0.4, -0.2) is 59.0 Å². The second kappa shape index (κ2) is 15.6. The van der Waals surface area contributed by atoms with Gasteiger partial charge in [-0.3, -0.25) is 4.79 Å². The van der Waals surface area contributed by atoms with E-state index < -0.39 is 53.7 Å². The van der Waals surface area contributed by atoms with Crippen molar-refractivity contribution >= 4 is 24.4 Å². The molecule has 0 fully saturated rings. The maximum atomic E-state index is 12.7. The van der Waals surface area contributed by atoms with Gasteiger partial charge in [0.05, 0.1) is 0 Å². The zero-order valence-corrected chi connectivity index (χ0v) is 26.3. The highest BCUT2D eigenvalue weighted by atomic mass is 16.8. The van der Waals surface area contributed by atoms with Gasteiger partial charge in [-0.15, -0.1) is 0 Å². The van der Waals surface area contributed by atoms with E-state index in [1.165, 1.54) is 18.2 Å². The molecule has 42 heavy (non-hydrogen) atoms. The van der Waals surface area contributed by atoms with Crippen molar-refractivity contribution in [3.63, 3.8) is 0 Å². The van der Waals surface area contributed by atoms with Gasteiger partial charge in [-0.1, -0.05) is 33.8 Å². The van der Waals surface area contributed by atoms with Gasteiger partial charge < -0.3 is 39.3 Å². The highest BCUT2D eigenvalue weighted by Gasteiger charge is 2.32. The zero-order chi connectivity index (χ0) is 32.4. The molecule has 0 amide bonds. The van der Waals surface area contributed by atoms with Crippen molar-refractivity contribution in [1.29, 1.82) is 0 Å². The molecule has 0 heterocycles. The molecule has 3 unspecified atom stereocenters. The second-order valence-electron chi connectivity index (χ2n) is 11.8. The molecule has 0 spiro atoms. The number of hydrogen-bond acceptors (Lipinski definition) is 11. The Kier molecular flexibility index (Phi) is 13.6. The van der Waals surface area contributed by atoms with E-state index in [9.17, 15) is 24.3 Å². The van der Waals surface area contributed by atoms with E-state index in [1.807, 2.05) is 27.7 Å². The van der Waals surface area contributed by atoms with Gasteiger partial charge in [0.15, 0.2) is 11.5 Å². The van der Waals surface area contributed by atoms with E-state index in [0.29, 0.717) is 18.4 Å². The van der Waals surface area contributed by atoms with Crippen LogP contribution in [0.25, 0.3) is 0 Å². The van der Waals surface area contributed by atoms with E-state index in [0.717, 1.165) is 0 Å². The Morgan fingerprint density at radius 1 is 0.810 bits per heavy atom. The lowest BCUT2D eigenvalue weighted by molar-refractivity contribution is -0.139. The molecule has 0 aliphatic heterocycles. The molecule has 3 N–H and O–H groups in total. The molecule has 0 saturated carbocycles. The van der Waals surface area contributed by atoms with Crippen LogP contribution >= 0.6 is 0 Å². The first-order valence-electron chi connectivity index (χ1n) is 14.1. The maximum Gasteiger partial charge on any atom is 0.514 e. The summed E-state index contributed by atoms with van der Waals surface area (Å²) in [4.78, 5) is 49.3. The van der Waals surface area contributed by atoms with Crippen LogP contribution in [0.3, 0.4) is 0 Å². The number of ether oxygens (including phenoxy) is 6. The molecule has 0 aliphatic rings. The van der Waals surface area contributed by atoms with Gasteiger partial charge in [0.1, 0.15) is 29.5 Å². The molecule has 4 atom stereocenters. The predicted molar refractivity (Wildman–Crippen MR) is 154 cm³/mol. The normalized spacial score (nSPS) is 14.7. The first kappa shape index (κ1) is 36.5. The number of carboxylic acids is 1. The molecule has 12 nitrogen and oxygen atoms in total. The third kappa shape index (κ3) is 12.1. The molecule has 0 aliphatic carbocycles. The van der Waals surface area contributed by atoms with E-state index >= 15 is 0 Å². The molecule has 1 rings (SSSR count). The van der Waals surface area contributed by atoms with Crippen LogP contribution in [0.4, 0.5) is 14.4 Å². The summed E-state index contributed by atoms with van der Waals surface area (Å²) >= 11 is 0. The molecule has 1 aromatic rings. The summed E-state index contributed by atoms with van der Waals surface area (Å²) in [7, 11) is 0. The molecule has 0 aromatic heterocycles. The number of benzene rings is 1. The van der Waals surface area contributed by atoms with Crippen LogP contribution < -0.4 is 15.2 Å². The Morgan fingerprint density at radius 3 is 1.76 bits per heavy atom. The molecule has 0 radical (unpaired) electrons. The minimum Gasteiger partial charge on any atom is -0.480 e. The van der Waals surface area contributed by atoms with Gasteiger partial charge in [0.2, 0.25) is 0 Å². The van der Waals surface area contributed by atoms with Gasteiger partial charge in [-0.05, 0) is 84.4 Å². The Balaban J connectivity index is 3.39. The summed E-state index contributed by atoms with van der Waals surface area (Å²) in [5, 5.41) is 9.71. The summed E-state index contributed by atoms with van der Waals surface area (Å²) in [5.41, 5.74) is 4.70. The lowest BCUT2D eigenvalue weighted by Crippen LogP contribution is -2.38. The molecule has 1 aromatic carbocycles. The molecular formula is C30H47NO11. The number of hydrogen-bond donors (Lipinski definition) is 2. The topological polar surface area (TPSA) is 170 Å². The standard InChI is InChI=1S/C30H47NO11/c1-11-29(7,8)41-27(35)39-22-14-13-20(16-23(22)40-28(36)42-30(9,10)12-2)21(24(31)25(32)33)15-18(5)37-26(34)38-19(6)17(3)4/h13-14,16-19,21,24H,11-12,15,31H2,1-10H3,(H,32,33)/t18?,19?,21?,24-/m0/s1. The van der Waals surface area contributed by atoms with Crippen molar-refractivity contribution in [3.8, 4) is 11.5 Å². The lowest BCUT2D eigenvalue weighted by Gasteiger charge is -2.26. The monoisotopic (exact) mass is 597 g/mol. The highest BCUT2D eigenvalue weighted by Crippen LogP contribution is 2.35. The number of rotatable bonds is 14. The predicted octanol–water partition coefficient (Wildman–Crippen LogP) is 6.57. The van der Waals surface area contributed by atoms with Gasteiger partial charge in [-0.25, -0.2) is 14.4 Å². The minimum atomic E-state index is -1.43. The smallest absolute Gasteiger partial charge is 0.480 e. The first-order valence-corrected chi connectivity index (χ1v) is 14.1. The summed E-state index contributed by atoms with van der Waals surface area (Å²) in [5.74, 6) is -2.55. The largest absolute Gasteiger partial charge is 0.514 e. The van der Waals surface area contributed by atoms with Crippen molar-refractivity contribution in [3.05, 3.63) is 23.8 Å². The quantitative estimate of drug-likeness (QED) is 0.135. The maximum absolute atomic E-state index is 12.7. The van der Waals surface area contributed by atoms with Gasteiger partial charge in [0, 0.05) is 5.92 Å². The minimum absolute atomic E-state index is 0.0156. The average Bonchev–Trinajstić information content (AvgIpc) is 2.86. The fourth-order valence-electron chi connectivity index (χ4n) is 3.28. The number of carbonyl (C=O) groups excluding carboxylic acids is 3. The van der Waals surface area contributed by atoms with Crippen LogP contribution in [0.1, 0.15) is 100.0 Å². The Labute approximate surface area is 248 Å². The van der Waals surface area contributed by atoms with E-state index in [2.05, 4.69) is 0 Å². The van der Waals surface area contributed by atoms with Gasteiger partial charge in [0.25, 0.3) is 0 Å². The number of carbonyl (C=O) groups is 4. The Bertz CT molecular complexity index is 1080. The summed E-state index contributed by atoms with van der Waals surface area (Å²) < 4.78 is 32.1. The van der Waals surface area contributed by atoms with Crippen molar-refractivity contribution in [2.24, 2.45) is 11.7 Å². The van der Waals surface area contributed by atoms with E-state index in [1.54, 1.807) is 41.5 Å².